The highest BCUT2D eigenvalue weighted by Gasteiger charge is 2.48. The number of halogens is 6. The highest BCUT2D eigenvalue weighted by atomic mass is 19.4. The molecule has 12 heteroatoms. The van der Waals surface area contributed by atoms with E-state index in [2.05, 4.69) is 9.98 Å². The molecule has 0 saturated heterocycles. The van der Waals surface area contributed by atoms with Gasteiger partial charge in [0.2, 0.25) is 0 Å². The van der Waals surface area contributed by atoms with Gasteiger partial charge >= 0.3 is 12.4 Å². The minimum atomic E-state index is -4.70. The van der Waals surface area contributed by atoms with Crippen molar-refractivity contribution in [3.8, 4) is 11.1 Å². The lowest BCUT2D eigenvalue weighted by Gasteiger charge is -2.31. The molecular formula is C31H22F6N6. The Labute approximate surface area is 241 Å². The van der Waals surface area contributed by atoms with Crippen molar-refractivity contribution in [1.82, 2.24) is 9.97 Å². The molecule has 0 saturated carbocycles. The summed E-state index contributed by atoms with van der Waals surface area (Å²) in [7, 11) is 0. The van der Waals surface area contributed by atoms with Gasteiger partial charge in [-0.25, -0.2) is 20.0 Å². The van der Waals surface area contributed by atoms with E-state index >= 15 is 0 Å². The van der Waals surface area contributed by atoms with Crippen LogP contribution in [-0.4, -0.2) is 34.7 Å². The SMILES string of the molecule is NC(=CC=Nc1cccc(C2(c3cccc(N=CC=C(N)C(F)(F)F)n3)c3ccccc3-c3ccccc32)n1)C(F)(F)F. The van der Waals surface area contributed by atoms with E-state index in [1.807, 2.05) is 48.5 Å². The fourth-order valence-corrected chi connectivity index (χ4v) is 4.90. The van der Waals surface area contributed by atoms with Crippen LogP contribution in [0.3, 0.4) is 0 Å². The first-order chi connectivity index (χ1) is 20.4. The Kier molecular flexibility index (Phi) is 7.61. The van der Waals surface area contributed by atoms with Crippen molar-refractivity contribution >= 4 is 24.1 Å². The van der Waals surface area contributed by atoms with Crippen LogP contribution in [0.25, 0.3) is 11.1 Å². The van der Waals surface area contributed by atoms with E-state index in [0.29, 0.717) is 23.5 Å². The number of nitrogens with zero attached hydrogens (tertiary/aromatic N) is 4. The van der Waals surface area contributed by atoms with Crippen LogP contribution in [0, 0.1) is 0 Å². The zero-order valence-corrected chi connectivity index (χ0v) is 22.1. The van der Waals surface area contributed by atoms with E-state index in [1.54, 1.807) is 24.3 Å². The zero-order valence-electron chi connectivity index (χ0n) is 22.1. The van der Waals surface area contributed by atoms with Crippen molar-refractivity contribution in [1.29, 1.82) is 0 Å². The van der Waals surface area contributed by atoms with Gasteiger partial charge in [0.05, 0.1) is 11.4 Å². The highest BCUT2D eigenvalue weighted by Crippen LogP contribution is 2.55. The highest BCUT2D eigenvalue weighted by molar-refractivity contribution is 5.85. The lowest BCUT2D eigenvalue weighted by molar-refractivity contribution is -0.0933. The van der Waals surface area contributed by atoms with E-state index in [9.17, 15) is 26.3 Å². The van der Waals surface area contributed by atoms with Crippen LogP contribution >= 0.6 is 0 Å². The Morgan fingerprint density at radius 3 is 1.37 bits per heavy atom. The van der Waals surface area contributed by atoms with Crippen LogP contribution in [0.1, 0.15) is 22.5 Å². The first-order valence-electron chi connectivity index (χ1n) is 12.7. The molecule has 1 aliphatic rings. The Hall–Kier alpha value is -5.26. The molecule has 218 valence electrons. The summed E-state index contributed by atoms with van der Waals surface area (Å²) in [4.78, 5) is 17.6. The number of rotatable bonds is 6. The van der Waals surface area contributed by atoms with E-state index in [0.717, 1.165) is 34.7 Å². The van der Waals surface area contributed by atoms with E-state index < -0.39 is 29.2 Å². The molecule has 2 aromatic carbocycles. The zero-order chi connectivity index (χ0) is 30.8. The molecule has 0 atom stereocenters. The fourth-order valence-electron chi connectivity index (χ4n) is 4.90. The number of hydrogen-bond acceptors (Lipinski definition) is 6. The number of alkyl halides is 6. The van der Waals surface area contributed by atoms with Gasteiger partial charge in [0.15, 0.2) is 11.6 Å². The van der Waals surface area contributed by atoms with Crippen molar-refractivity contribution in [2.45, 2.75) is 17.8 Å². The third-order valence-corrected chi connectivity index (χ3v) is 6.77. The smallest absolute Gasteiger partial charge is 0.395 e. The third kappa shape index (κ3) is 5.63. The largest absolute Gasteiger partial charge is 0.430 e. The van der Waals surface area contributed by atoms with Crippen LogP contribution in [0.15, 0.2) is 118 Å². The minimum absolute atomic E-state index is 0.118. The van der Waals surface area contributed by atoms with Gasteiger partial charge in [0, 0.05) is 12.4 Å². The molecule has 0 spiro atoms. The molecule has 0 radical (unpaired) electrons. The summed E-state index contributed by atoms with van der Waals surface area (Å²) in [6.07, 6.45) is -6.26. The standard InChI is InChI=1S/C31H22F6N6/c32-30(33,34)23(38)15-17-40-27-13-5-11-25(42-27)29(21-9-3-1-7-19(21)20-8-2-4-10-22(20)29)26-12-6-14-28(43-26)41-18-16-24(39)31(35,36)37/h1-18H,38-39H2. The minimum Gasteiger partial charge on any atom is -0.395 e. The van der Waals surface area contributed by atoms with E-state index in [1.165, 1.54) is 12.1 Å². The van der Waals surface area contributed by atoms with Crippen molar-refractivity contribution in [2.75, 3.05) is 0 Å². The molecule has 0 unspecified atom stereocenters. The van der Waals surface area contributed by atoms with Gasteiger partial charge < -0.3 is 11.5 Å². The summed E-state index contributed by atoms with van der Waals surface area (Å²) >= 11 is 0. The summed E-state index contributed by atoms with van der Waals surface area (Å²) in [5.74, 6) is 0.235. The van der Waals surface area contributed by atoms with Gasteiger partial charge in [0.1, 0.15) is 16.8 Å². The van der Waals surface area contributed by atoms with E-state index in [4.69, 9.17) is 21.4 Å². The number of aliphatic imine (C=N–C) groups is 2. The summed E-state index contributed by atoms with van der Waals surface area (Å²) in [6, 6.07) is 25.2. The van der Waals surface area contributed by atoms with Crippen molar-refractivity contribution in [2.24, 2.45) is 21.5 Å². The molecule has 0 bridgehead atoms. The number of nitrogens with two attached hydrogens (primary N) is 2. The number of benzene rings is 2. The Morgan fingerprint density at radius 2 is 0.977 bits per heavy atom. The monoisotopic (exact) mass is 592 g/mol. The summed E-state index contributed by atoms with van der Waals surface area (Å²) in [6.45, 7) is 0. The second-order valence-electron chi connectivity index (χ2n) is 9.40. The van der Waals surface area contributed by atoms with Crippen molar-refractivity contribution in [3.05, 3.63) is 131 Å². The predicted molar refractivity (Wildman–Crippen MR) is 152 cm³/mol. The number of fused-ring (bicyclic) bond motifs is 3. The average molecular weight is 593 g/mol. The van der Waals surface area contributed by atoms with Crippen LogP contribution in [0.2, 0.25) is 0 Å². The van der Waals surface area contributed by atoms with Crippen LogP contribution in [-0.2, 0) is 5.41 Å². The molecule has 0 amide bonds. The van der Waals surface area contributed by atoms with Gasteiger partial charge in [-0.2, -0.15) is 26.3 Å². The molecular weight excluding hydrogens is 570 g/mol. The first-order valence-corrected chi connectivity index (χ1v) is 12.7. The molecule has 0 fully saturated rings. The lowest BCUT2D eigenvalue weighted by atomic mass is 9.72. The molecule has 2 aromatic heterocycles. The maximum absolute atomic E-state index is 12.8. The summed E-state index contributed by atoms with van der Waals surface area (Å²) in [5, 5.41) is 0. The number of aromatic nitrogens is 2. The van der Waals surface area contributed by atoms with Crippen LogP contribution in [0.4, 0.5) is 38.0 Å². The van der Waals surface area contributed by atoms with Gasteiger partial charge in [-0.05, 0) is 58.7 Å². The number of allylic oxidation sites excluding steroid dienone is 4. The van der Waals surface area contributed by atoms with Crippen molar-refractivity contribution < 1.29 is 26.3 Å². The van der Waals surface area contributed by atoms with Crippen LogP contribution in [0.5, 0.6) is 0 Å². The van der Waals surface area contributed by atoms with Gasteiger partial charge in [0.25, 0.3) is 0 Å². The topological polar surface area (TPSA) is 103 Å². The lowest BCUT2D eigenvalue weighted by Crippen LogP contribution is -2.30. The molecule has 1 aliphatic carbocycles. The normalized spacial score (nSPS) is 15.2. The molecule has 4 aromatic rings. The van der Waals surface area contributed by atoms with Crippen molar-refractivity contribution in [3.63, 3.8) is 0 Å². The maximum atomic E-state index is 12.8. The molecule has 0 aliphatic heterocycles. The maximum Gasteiger partial charge on any atom is 0.430 e. The Bertz CT molecular complexity index is 1650. The Balaban J connectivity index is 1.70. The molecule has 6 nitrogen and oxygen atoms in total. The second-order valence-corrected chi connectivity index (χ2v) is 9.40. The second kappa shape index (κ2) is 11.2. The molecule has 5 rings (SSSR count). The fraction of sp³-hybridized carbons (Fsp3) is 0.0968. The molecule has 43 heavy (non-hydrogen) atoms. The third-order valence-electron chi connectivity index (χ3n) is 6.77. The first kappa shape index (κ1) is 29.2. The van der Waals surface area contributed by atoms with Crippen LogP contribution < -0.4 is 11.5 Å². The summed E-state index contributed by atoms with van der Waals surface area (Å²) < 4.78 is 76.9. The Morgan fingerprint density at radius 1 is 0.581 bits per heavy atom. The average Bonchev–Trinajstić information content (AvgIpc) is 3.28. The quantitative estimate of drug-likeness (QED) is 0.163. The number of pyridine rings is 2. The summed E-state index contributed by atoms with van der Waals surface area (Å²) in [5.41, 5.74) is 10.8. The van der Waals surface area contributed by atoms with E-state index in [-0.39, 0.29) is 11.6 Å². The molecule has 2 heterocycles. The van der Waals surface area contributed by atoms with Gasteiger partial charge in [-0.15, -0.1) is 0 Å². The number of hydrogen-bond donors (Lipinski definition) is 2. The van der Waals surface area contributed by atoms with Gasteiger partial charge in [-0.1, -0.05) is 60.7 Å². The van der Waals surface area contributed by atoms with Gasteiger partial charge in [-0.3, -0.25) is 0 Å². The predicted octanol–water partition coefficient (Wildman–Crippen LogP) is 7.05. The molecule has 4 N–H and O–H groups in total.